The average molecular weight is 407 g/mol. The molecule has 154 valence electrons. The number of benzene rings is 3. The van der Waals surface area contributed by atoms with Crippen LogP contribution in [0.2, 0.25) is 0 Å². The first kappa shape index (κ1) is 20.7. The SMILES string of the molecule is COc1cc([N+](=O)[O-])ccc1NC(=O)[C@@H](C)Nc1ccccc1Oc1ccccc1. The van der Waals surface area contributed by atoms with Gasteiger partial charge in [-0.15, -0.1) is 0 Å². The molecule has 0 aliphatic rings. The normalized spacial score (nSPS) is 11.3. The maximum atomic E-state index is 12.7. The monoisotopic (exact) mass is 407 g/mol. The van der Waals surface area contributed by atoms with E-state index < -0.39 is 11.0 Å². The zero-order chi connectivity index (χ0) is 21.5. The Morgan fingerprint density at radius 2 is 1.67 bits per heavy atom. The van der Waals surface area contributed by atoms with E-state index in [9.17, 15) is 14.9 Å². The highest BCUT2D eigenvalue weighted by atomic mass is 16.6. The number of non-ortho nitro benzene ring substituents is 1. The van der Waals surface area contributed by atoms with Crippen LogP contribution in [0, 0.1) is 10.1 Å². The third-order valence-electron chi connectivity index (χ3n) is 4.28. The van der Waals surface area contributed by atoms with Crippen LogP contribution >= 0.6 is 0 Å². The summed E-state index contributed by atoms with van der Waals surface area (Å²) >= 11 is 0. The van der Waals surface area contributed by atoms with Crippen LogP contribution < -0.4 is 20.1 Å². The Morgan fingerprint density at radius 1 is 0.967 bits per heavy atom. The first-order valence-corrected chi connectivity index (χ1v) is 9.19. The quantitative estimate of drug-likeness (QED) is 0.409. The summed E-state index contributed by atoms with van der Waals surface area (Å²) in [6.07, 6.45) is 0. The molecule has 0 saturated heterocycles. The predicted molar refractivity (Wildman–Crippen MR) is 114 cm³/mol. The van der Waals surface area contributed by atoms with Crippen LogP contribution in [0.15, 0.2) is 72.8 Å². The summed E-state index contributed by atoms with van der Waals surface area (Å²) in [5.41, 5.74) is 0.873. The molecule has 8 heteroatoms. The van der Waals surface area contributed by atoms with E-state index in [2.05, 4.69) is 10.6 Å². The maximum absolute atomic E-state index is 12.7. The molecule has 30 heavy (non-hydrogen) atoms. The number of nitro benzene ring substituents is 1. The summed E-state index contributed by atoms with van der Waals surface area (Å²) in [6.45, 7) is 1.70. The second kappa shape index (κ2) is 9.42. The molecule has 0 spiro atoms. The molecule has 1 amide bonds. The molecular weight excluding hydrogens is 386 g/mol. The zero-order valence-corrected chi connectivity index (χ0v) is 16.5. The van der Waals surface area contributed by atoms with Crippen molar-refractivity contribution in [2.75, 3.05) is 17.7 Å². The number of amides is 1. The van der Waals surface area contributed by atoms with Crippen LogP contribution in [0.4, 0.5) is 17.1 Å². The summed E-state index contributed by atoms with van der Waals surface area (Å²) in [4.78, 5) is 23.1. The number of carbonyl (C=O) groups is 1. The summed E-state index contributed by atoms with van der Waals surface area (Å²) in [5.74, 6) is 1.13. The number of carbonyl (C=O) groups excluding carboxylic acids is 1. The lowest BCUT2D eigenvalue weighted by Gasteiger charge is -2.18. The first-order chi connectivity index (χ1) is 14.5. The number of anilines is 2. The van der Waals surface area contributed by atoms with Gasteiger partial charge in [0.15, 0.2) is 5.75 Å². The Bertz CT molecular complexity index is 1040. The van der Waals surface area contributed by atoms with E-state index in [1.54, 1.807) is 13.0 Å². The average Bonchev–Trinajstić information content (AvgIpc) is 2.75. The van der Waals surface area contributed by atoms with Crippen LogP contribution in [0.3, 0.4) is 0 Å². The number of methoxy groups -OCH3 is 1. The number of nitrogens with one attached hydrogen (secondary N) is 2. The van der Waals surface area contributed by atoms with Crippen molar-refractivity contribution in [3.8, 4) is 17.2 Å². The Morgan fingerprint density at radius 3 is 2.37 bits per heavy atom. The van der Waals surface area contributed by atoms with Crippen molar-refractivity contribution in [1.29, 1.82) is 0 Å². The summed E-state index contributed by atoms with van der Waals surface area (Å²) in [6, 6.07) is 20.0. The molecule has 0 aliphatic heterocycles. The van der Waals surface area contributed by atoms with Crippen molar-refractivity contribution in [2.24, 2.45) is 0 Å². The Balaban J connectivity index is 1.72. The van der Waals surface area contributed by atoms with Gasteiger partial charge in [-0.3, -0.25) is 14.9 Å². The van der Waals surface area contributed by atoms with Crippen LogP contribution in [0.25, 0.3) is 0 Å². The Kier molecular flexibility index (Phi) is 6.49. The van der Waals surface area contributed by atoms with Crippen molar-refractivity contribution in [3.63, 3.8) is 0 Å². The topological polar surface area (TPSA) is 103 Å². The molecule has 0 saturated carbocycles. The molecule has 0 unspecified atom stereocenters. The lowest BCUT2D eigenvalue weighted by Crippen LogP contribution is -2.32. The van der Waals surface area contributed by atoms with Crippen LogP contribution in [0.5, 0.6) is 17.2 Å². The third kappa shape index (κ3) is 5.05. The highest BCUT2D eigenvalue weighted by molar-refractivity contribution is 5.97. The summed E-state index contributed by atoms with van der Waals surface area (Å²) < 4.78 is 11.1. The van der Waals surface area contributed by atoms with Gasteiger partial charge in [-0.25, -0.2) is 0 Å². The Labute approximate surface area is 173 Å². The zero-order valence-electron chi connectivity index (χ0n) is 16.5. The van der Waals surface area contributed by atoms with Gasteiger partial charge in [-0.05, 0) is 37.3 Å². The third-order valence-corrected chi connectivity index (χ3v) is 4.28. The van der Waals surface area contributed by atoms with Gasteiger partial charge in [0.05, 0.1) is 29.5 Å². The van der Waals surface area contributed by atoms with Gasteiger partial charge in [0, 0.05) is 6.07 Å². The first-order valence-electron chi connectivity index (χ1n) is 9.19. The minimum absolute atomic E-state index is 0.122. The van der Waals surface area contributed by atoms with E-state index in [1.165, 1.54) is 25.3 Å². The predicted octanol–water partition coefficient (Wildman–Crippen LogP) is 4.83. The van der Waals surface area contributed by atoms with Gasteiger partial charge < -0.3 is 20.1 Å². The van der Waals surface area contributed by atoms with E-state index in [1.807, 2.05) is 48.5 Å². The fraction of sp³-hybridized carbons (Fsp3) is 0.136. The van der Waals surface area contributed by atoms with E-state index >= 15 is 0 Å². The molecule has 3 aromatic rings. The fourth-order valence-electron chi connectivity index (χ4n) is 2.73. The summed E-state index contributed by atoms with van der Waals surface area (Å²) in [5, 5.41) is 16.8. The van der Waals surface area contributed by atoms with Crippen molar-refractivity contribution >= 4 is 23.0 Å². The highest BCUT2D eigenvalue weighted by Crippen LogP contribution is 2.31. The molecule has 0 radical (unpaired) electrons. The van der Waals surface area contributed by atoms with Crippen molar-refractivity contribution in [2.45, 2.75) is 13.0 Å². The van der Waals surface area contributed by atoms with Gasteiger partial charge in [-0.2, -0.15) is 0 Å². The molecule has 0 aromatic heterocycles. The number of para-hydroxylation sites is 3. The van der Waals surface area contributed by atoms with E-state index in [-0.39, 0.29) is 17.3 Å². The minimum Gasteiger partial charge on any atom is -0.494 e. The minimum atomic E-state index is -0.620. The molecule has 2 N–H and O–H groups in total. The smallest absolute Gasteiger partial charge is 0.273 e. The second-order valence-corrected chi connectivity index (χ2v) is 6.41. The van der Waals surface area contributed by atoms with E-state index in [4.69, 9.17) is 9.47 Å². The van der Waals surface area contributed by atoms with E-state index in [0.717, 1.165) is 0 Å². The lowest BCUT2D eigenvalue weighted by molar-refractivity contribution is -0.384. The van der Waals surface area contributed by atoms with Gasteiger partial charge >= 0.3 is 0 Å². The number of hydrogen-bond acceptors (Lipinski definition) is 6. The molecule has 0 bridgehead atoms. The van der Waals surface area contributed by atoms with Crippen molar-refractivity contribution in [1.82, 2.24) is 0 Å². The molecule has 0 aliphatic carbocycles. The van der Waals surface area contributed by atoms with Gasteiger partial charge in [-0.1, -0.05) is 30.3 Å². The summed E-state index contributed by atoms with van der Waals surface area (Å²) in [7, 11) is 1.38. The second-order valence-electron chi connectivity index (χ2n) is 6.41. The van der Waals surface area contributed by atoms with Gasteiger partial charge in [0.25, 0.3) is 5.69 Å². The Hall–Kier alpha value is -4.07. The van der Waals surface area contributed by atoms with Crippen LogP contribution in [-0.2, 0) is 4.79 Å². The number of ether oxygens (including phenoxy) is 2. The lowest BCUT2D eigenvalue weighted by atomic mass is 10.2. The molecule has 0 fully saturated rings. The standard InChI is InChI=1S/C22H21N3O5/c1-15(22(26)24-19-13-12-16(25(27)28)14-21(19)29-2)23-18-10-6-7-11-20(18)30-17-8-4-3-5-9-17/h3-15,23H,1-2H3,(H,24,26)/t15-/m1/s1. The molecule has 8 nitrogen and oxygen atoms in total. The van der Waals surface area contributed by atoms with Gasteiger partial charge in [0.1, 0.15) is 17.5 Å². The van der Waals surface area contributed by atoms with E-state index in [0.29, 0.717) is 22.9 Å². The van der Waals surface area contributed by atoms with Gasteiger partial charge in [0.2, 0.25) is 5.91 Å². The largest absolute Gasteiger partial charge is 0.494 e. The van der Waals surface area contributed by atoms with Crippen molar-refractivity contribution < 1.29 is 19.2 Å². The number of rotatable bonds is 8. The van der Waals surface area contributed by atoms with Crippen LogP contribution in [-0.4, -0.2) is 24.0 Å². The highest BCUT2D eigenvalue weighted by Gasteiger charge is 2.18. The molecule has 0 heterocycles. The number of hydrogen-bond donors (Lipinski definition) is 2. The number of nitro groups is 1. The molecular formula is C22H21N3O5. The molecule has 3 aromatic carbocycles. The molecule has 3 rings (SSSR count). The number of nitrogens with zero attached hydrogens (tertiary/aromatic N) is 1. The van der Waals surface area contributed by atoms with Crippen molar-refractivity contribution in [3.05, 3.63) is 82.9 Å². The maximum Gasteiger partial charge on any atom is 0.273 e. The fourth-order valence-corrected chi connectivity index (χ4v) is 2.73. The van der Waals surface area contributed by atoms with Crippen LogP contribution in [0.1, 0.15) is 6.92 Å². The molecule has 1 atom stereocenters.